The average molecular weight is 257 g/mol. The molecule has 18 heavy (non-hydrogen) atoms. The number of methoxy groups -OCH3 is 1. The molecule has 0 radical (unpaired) electrons. The summed E-state index contributed by atoms with van der Waals surface area (Å²) in [6.45, 7) is 4.31. The van der Waals surface area contributed by atoms with E-state index in [4.69, 9.17) is 4.74 Å². The van der Waals surface area contributed by atoms with Crippen molar-refractivity contribution in [3.05, 3.63) is 15.8 Å². The zero-order valence-electron chi connectivity index (χ0n) is 10.9. The number of aryl methyl sites for hydroxylation is 2. The molecule has 8 heteroatoms. The first kappa shape index (κ1) is 14.4. The fourth-order valence-electron chi connectivity index (χ4n) is 1.63. The van der Waals surface area contributed by atoms with Crippen molar-refractivity contribution in [1.82, 2.24) is 15.1 Å². The van der Waals surface area contributed by atoms with Crippen molar-refractivity contribution in [1.29, 1.82) is 0 Å². The van der Waals surface area contributed by atoms with Crippen LogP contribution < -0.4 is 10.6 Å². The van der Waals surface area contributed by atoms with Crippen LogP contribution in [-0.2, 0) is 11.8 Å². The lowest BCUT2D eigenvalue weighted by Gasteiger charge is -2.07. The third-order valence-electron chi connectivity index (χ3n) is 2.45. The van der Waals surface area contributed by atoms with E-state index in [0.29, 0.717) is 31.2 Å². The van der Waals surface area contributed by atoms with E-state index < -0.39 is 4.92 Å². The number of rotatable bonds is 8. The van der Waals surface area contributed by atoms with Crippen molar-refractivity contribution in [2.45, 2.75) is 6.92 Å². The van der Waals surface area contributed by atoms with Gasteiger partial charge >= 0.3 is 5.69 Å². The molecule has 0 saturated heterocycles. The molecule has 1 aromatic rings. The lowest BCUT2D eigenvalue weighted by atomic mass is 10.4. The zero-order valence-corrected chi connectivity index (χ0v) is 10.9. The molecule has 0 atom stereocenters. The number of ether oxygens (including phenoxy) is 1. The number of aromatic nitrogens is 2. The standard InChI is InChI=1S/C10H19N5O3/c1-8-9(15(16)17)10(14(2)13-8)12-5-4-11-6-7-18-3/h11-12H,4-7H2,1-3H3. The van der Waals surface area contributed by atoms with Crippen molar-refractivity contribution in [3.8, 4) is 0 Å². The first-order valence-electron chi connectivity index (χ1n) is 5.69. The van der Waals surface area contributed by atoms with E-state index in [2.05, 4.69) is 15.7 Å². The van der Waals surface area contributed by atoms with Gasteiger partial charge in [0.15, 0.2) is 0 Å². The van der Waals surface area contributed by atoms with Crippen LogP contribution in [-0.4, -0.2) is 48.1 Å². The minimum absolute atomic E-state index is 0.0365. The Hall–Kier alpha value is -1.67. The summed E-state index contributed by atoms with van der Waals surface area (Å²) in [6, 6.07) is 0. The Bertz CT molecular complexity index is 404. The second kappa shape index (κ2) is 6.92. The number of hydrogen-bond acceptors (Lipinski definition) is 6. The van der Waals surface area contributed by atoms with Crippen LogP contribution in [0.15, 0.2) is 0 Å². The van der Waals surface area contributed by atoms with Crippen LogP contribution in [0.4, 0.5) is 11.5 Å². The summed E-state index contributed by atoms with van der Waals surface area (Å²) in [7, 11) is 3.32. The molecule has 2 N–H and O–H groups in total. The first-order valence-corrected chi connectivity index (χ1v) is 5.69. The van der Waals surface area contributed by atoms with Gasteiger partial charge in [0.05, 0.1) is 11.5 Å². The molecule has 0 saturated carbocycles. The van der Waals surface area contributed by atoms with Crippen molar-refractivity contribution in [2.24, 2.45) is 7.05 Å². The summed E-state index contributed by atoms with van der Waals surface area (Å²) >= 11 is 0. The number of hydrogen-bond donors (Lipinski definition) is 2. The third-order valence-corrected chi connectivity index (χ3v) is 2.45. The predicted octanol–water partition coefficient (Wildman–Crippen LogP) is 0.285. The zero-order chi connectivity index (χ0) is 13.5. The highest BCUT2D eigenvalue weighted by molar-refractivity contribution is 5.59. The number of nitro groups is 1. The van der Waals surface area contributed by atoms with Crippen LogP contribution in [0.1, 0.15) is 5.69 Å². The minimum Gasteiger partial charge on any atom is -0.383 e. The minimum atomic E-state index is -0.414. The molecule has 0 aromatic carbocycles. The van der Waals surface area contributed by atoms with Crippen LogP contribution in [0.25, 0.3) is 0 Å². The molecule has 0 aliphatic heterocycles. The highest BCUT2D eigenvalue weighted by Crippen LogP contribution is 2.26. The van der Waals surface area contributed by atoms with Crippen molar-refractivity contribution in [3.63, 3.8) is 0 Å². The summed E-state index contributed by atoms with van der Waals surface area (Å²) in [5.41, 5.74) is 0.451. The summed E-state index contributed by atoms with van der Waals surface area (Å²) < 4.78 is 6.38. The van der Waals surface area contributed by atoms with Crippen molar-refractivity contribution < 1.29 is 9.66 Å². The molecule has 0 spiro atoms. The van der Waals surface area contributed by atoms with Gasteiger partial charge in [0, 0.05) is 33.8 Å². The first-order chi connectivity index (χ1) is 8.57. The Morgan fingerprint density at radius 1 is 1.44 bits per heavy atom. The number of anilines is 1. The smallest absolute Gasteiger partial charge is 0.333 e. The summed E-state index contributed by atoms with van der Waals surface area (Å²) in [5, 5.41) is 21.1. The van der Waals surface area contributed by atoms with Crippen LogP contribution in [0.2, 0.25) is 0 Å². The van der Waals surface area contributed by atoms with Gasteiger partial charge in [0.25, 0.3) is 0 Å². The predicted molar refractivity (Wildman–Crippen MR) is 67.8 cm³/mol. The monoisotopic (exact) mass is 257 g/mol. The molecule has 0 unspecified atom stereocenters. The van der Waals surface area contributed by atoms with E-state index in [1.54, 1.807) is 21.1 Å². The quantitative estimate of drug-likeness (QED) is 0.395. The molecule has 0 bridgehead atoms. The van der Waals surface area contributed by atoms with Gasteiger partial charge in [-0.3, -0.25) is 10.1 Å². The molecule has 0 aliphatic rings. The normalized spacial score (nSPS) is 10.6. The second-order valence-corrected chi connectivity index (χ2v) is 3.83. The maximum atomic E-state index is 10.9. The highest BCUT2D eigenvalue weighted by Gasteiger charge is 2.23. The van der Waals surface area contributed by atoms with E-state index in [-0.39, 0.29) is 5.69 Å². The van der Waals surface area contributed by atoms with Crippen molar-refractivity contribution >= 4 is 11.5 Å². The molecule has 1 heterocycles. The SMILES string of the molecule is COCCNCCNc1c([N+](=O)[O-])c(C)nn1C. The maximum absolute atomic E-state index is 10.9. The van der Waals surface area contributed by atoms with Gasteiger partial charge in [-0.25, -0.2) is 4.68 Å². The molecule has 0 fully saturated rings. The Kier molecular flexibility index (Phi) is 5.53. The molecule has 1 aromatic heterocycles. The fourth-order valence-corrected chi connectivity index (χ4v) is 1.63. The lowest BCUT2D eigenvalue weighted by Crippen LogP contribution is -2.26. The Morgan fingerprint density at radius 3 is 2.78 bits per heavy atom. The maximum Gasteiger partial charge on any atom is 0.333 e. The Labute approximate surface area is 105 Å². The molecular formula is C10H19N5O3. The topological polar surface area (TPSA) is 94.2 Å². The lowest BCUT2D eigenvalue weighted by molar-refractivity contribution is -0.384. The Morgan fingerprint density at radius 2 is 2.17 bits per heavy atom. The number of nitrogens with one attached hydrogen (secondary N) is 2. The van der Waals surface area contributed by atoms with Gasteiger partial charge in [-0.1, -0.05) is 0 Å². The van der Waals surface area contributed by atoms with E-state index in [1.807, 2.05) is 0 Å². The summed E-state index contributed by atoms with van der Waals surface area (Å²) in [6.07, 6.45) is 0. The molecule has 0 aliphatic carbocycles. The van der Waals surface area contributed by atoms with E-state index in [1.165, 1.54) is 4.68 Å². The summed E-state index contributed by atoms with van der Waals surface area (Å²) in [5.74, 6) is 0.436. The third kappa shape index (κ3) is 3.67. The van der Waals surface area contributed by atoms with E-state index in [0.717, 1.165) is 6.54 Å². The summed E-state index contributed by atoms with van der Waals surface area (Å²) in [4.78, 5) is 10.5. The molecule has 1 rings (SSSR count). The van der Waals surface area contributed by atoms with E-state index >= 15 is 0 Å². The molecular weight excluding hydrogens is 238 g/mol. The van der Waals surface area contributed by atoms with E-state index in [9.17, 15) is 10.1 Å². The largest absolute Gasteiger partial charge is 0.383 e. The average Bonchev–Trinajstić information content (AvgIpc) is 2.58. The van der Waals surface area contributed by atoms with Gasteiger partial charge in [-0.2, -0.15) is 5.10 Å². The van der Waals surface area contributed by atoms with Crippen LogP contribution in [0, 0.1) is 17.0 Å². The fraction of sp³-hybridized carbons (Fsp3) is 0.700. The molecule has 102 valence electrons. The van der Waals surface area contributed by atoms with Gasteiger partial charge in [0.1, 0.15) is 5.69 Å². The van der Waals surface area contributed by atoms with Crippen LogP contribution in [0.5, 0.6) is 0 Å². The van der Waals surface area contributed by atoms with Gasteiger partial charge < -0.3 is 15.4 Å². The van der Waals surface area contributed by atoms with Gasteiger partial charge in [-0.05, 0) is 6.92 Å². The second-order valence-electron chi connectivity index (χ2n) is 3.83. The van der Waals surface area contributed by atoms with Crippen LogP contribution in [0.3, 0.4) is 0 Å². The Balaban J connectivity index is 2.49. The van der Waals surface area contributed by atoms with Gasteiger partial charge in [0.2, 0.25) is 5.82 Å². The van der Waals surface area contributed by atoms with Crippen molar-refractivity contribution in [2.75, 3.05) is 38.7 Å². The molecule has 8 nitrogen and oxygen atoms in total. The molecule has 0 amide bonds. The van der Waals surface area contributed by atoms with Gasteiger partial charge in [-0.15, -0.1) is 0 Å². The number of nitrogens with zero attached hydrogens (tertiary/aromatic N) is 3. The highest BCUT2D eigenvalue weighted by atomic mass is 16.6. The van der Waals surface area contributed by atoms with Crippen LogP contribution >= 0.6 is 0 Å².